The van der Waals surface area contributed by atoms with E-state index in [1.165, 1.54) is 57.8 Å². The molecule has 3 rings (SSSR count). The Labute approximate surface area is 198 Å². The smallest absolute Gasteiger partial charge is 0.147 e. The summed E-state index contributed by atoms with van der Waals surface area (Å²) >= 11 is -0.651. The molecule has 0 N–H and O–H groups in total. The van der Waals surface area contributed by atoms with Crippen molar-refractivity contribution in [3.8, 4) is 0 Å². The predicted molar refractivity (Wildman–Crippen MR) is 125 cm³/mol. The number of unbranched alkanes of at least 4 members (excludes halogenated alkanes) is 1. The normalized spacial score (nSPS) is 23.1. The standard InChI is InChI=1S/C15H23.C10H15.2ClH.Zr/c1-2-3-11-15(12-7-4-8-13-15)14-9-5-6-10-14;1-7-6-10(4,5)9(3)8(7)2;;;/h9-10H,2-5,7-8,11-13H2,1H3;1-5H3;2*1H;. The first-order valence-corrected chi connectivity index (χ1v) is 13.4. The van der Waals surface area contributed by atoms with Crippen LogP contribution in [0.2, 0.25) is 0 Å². The molecule has 0 unspecified atom stereocenters. The van der Waals surface area contributed by atoms with Crippen LogP contribution >= 0.6 is 24.8 Å². The molecule has 0 aromatic heterocycles. The zero-order valence-electron chi connectivity index (χ0n) is 18.8. The summed E-state index contributed by atoms with van der Waals surface area (Å²) in [5, 5.41) is 0. The molecule has 0 nitrogen and oxygen atoms in total. The van der Waals surface area contributed by atoms with E-state index in [1.807, 2.05) is 6.56 Å². The van der Waals surface area contributed by atoms with Crippen molar-refractivity contribution in [3.05, 3.63) is 41.0 Å². The van der Waals surface area contributed by atoms with Crippen LogP contribution in [0.3, 0.4) is 0 Å². The fourth-order valence-electron chi connectivity index (χ4n) is 5.41. The Morgan fingerprint density at radius 3 is 2.14 bits per heavy atom. The van der Waals surface area contributed by atoms with Crippen LogP contribution in [0.15, 0.2) is 41.0 Å². The first-order valence-electron chi connectivity index (χ1n) is 10.9. The molecule has 0 saturated heterocycles. The van der Waals surface area contributed by atoms with Gasteiger partial charge in [-0.2, -0.15) is 0 Å². The van der Waals surface area contributed by atoms with E-state index in [2.05, 4.69) is 53.7 Å². The van der Waals surface area contributed by atoms with Crippen LogP contribution in [0.5, 0.6) is 0 Å². The molecule has 0 aliphatic heterocycles. The van der Waals surface area contributed by atoms with Gasteiger partial charge in [-0.25, -0.2) is 0 Å². The summed E-state index contributed by atoms with van der Waals surface area (Å²) in [6.45, 7) is 14.4. The van der Waals surface area contributed by atoms with Gasteiger partial charge in [0.1, 0.15) is 0 Å². The maximum Gasteiger partial charge on any atom is -0.147 e. The third-order valence-corrected chi connectivity index (χ3v) is 12.4. The summed E-state index contributed by atoms with van der Waals surface area (Å²) in [6.07, 6.45) is 18.0. The van der Waals surface area contributed by atoms with Crippen LogP contribution in [0.25, 0.3) is 0 Å². The van der Waals surface area contributed by atoms with Crippen molar-refractivity contribution in [1.29, 1.82) is 0 Å². The van der Waals surface area contributed by atoms with Crippen molar-refractivity contribution in [1.82, 2.24) is 0 Å². The molecular formula is C25H40Cl2Zr. The second kappa shape index (κ2) is 10.6. The minimum absolute atomic E-state index is 0. The predicted octanol–water partition coefficient (Wildman–Crippen LogP) is 8.92. The molecular weight excluding hydrogens is 462 g/mol. The molecule has 0 aromatic rings. The van der Waals surface area contributed by atoms with Crippen molar-refractivity contribution in [2.75, 3.05) is 0 Å². The van der Waals surface area contributed by atoms with Crippen molar-refractivity contribution < 1.29 is 23.2 Å². The van der Waals surface area contributed by atoms with E-state index in [9.17, 15) is 0 Å². The van der Waals surface area contributed by atoms with Gasteiger partial charge in [-0.15, -0.1) is 24.8 Å². The summed E-state index contributed by atoms with van der Waals surface area (Å²) in [7, 11) is 0. The Kier molecular flexibility index (Phi) is 10.1. The number of allylic oxidation sites excluding steroid dienone is 8. The topological polar surface area (TPSA) is 0 Å². The molecule has 0 radical (unpaired) electrons. The molecule has 1 fully saturated rings. The first kappa shape index (κ1) is 26.5. The van der Waals surface area contributed by atoms with E-state index in [0.29, 0.717) is 10.8 Å². The maximum atomic E-state index is 2.70. The van der Waals surface area contributed by atoms with Crippen molar-refractivity contribution in [3.63, 3.8) is 0 Å². The number of hydrogen-bond donors (Lipinski definition) is 0. The van der Waals surface area contributed by atoms with E-state index in [4.69, 9.17) is 0 Å². The van der Waals surface area contributed by atoms with E-state index in [-0.39, 0.29) is 24.8 Å². The minimum Gasteiger partial charge on any atom is -0.147 e. The van der Waals surface area contributed by atoms with Gasteiger partial charge in [0.05, 0.1) is 0 Å². The maximum absolute atomic E-state index is 2.70. The van der Waals surface area contributed by atoms with Gasteiger partial charge >= 0.3 is 174 Å². The van der Waals surface area contributed by atoms with Gasteiger partial charge in [0.2, 0.25) is 0 Å². The van der Waals surface area contributed by atoms with E-state index < -0.39 is 23.2 Å². The van der Waals surface area contributed by atoms with E-state index in [1.54, 1.807) is 22.3 Å². The summed E-state index contributed by atoms with van der Waals surface area (Å²) in [5.74, 6) is 0. The Bertz CT molecular complexity index is 685. The van der Waals surface area contributed by atoms with Crippen LogP contribution in [0, 0.1) is 10.8 Å². The SMILES string of the molecule is CCCCC1(C2=CC[C]([Zr][C]3=C(C)C(C)=C(C)C3(C)C)=C2)CCCCC1.Cl.Cl. The average molecular weight is 503 g/mol. The number of hydrogen-bond acceptors (Lipinski definition) is 0. The summed E-state index contributed by atoms with van der Waals surface area (Å²) in [4.78, 5) is 0. The van der Waals surface area contributed by atoms with Gasteiger partial charge in [0.25, 0.3) is 0 Å². The van der Waals surface area contributed by atoms with Crippen molar-refractivity contribution in [2.45, 2.75) is 99.3 Å². The molecule has 0 atom stereocenters. The number of halogens is 2. The van der Waals surface area contributed by atoms with Crippen LogP contribution in [-0.4, -0.2) is 0 Å². The van der Waals surface area contributed by atoms with Crippen LogP contribution in [0.1, 0.15) is 99.3 Å². The Hall–Kier alpha value is 0.423. The van der Waals surface area contributed by atoms with Crippen LogP contribution < -0.4 is 0 Å². The Morgan fingerprint density at radius 2 is 1.61 bits per heavy atom. The Balaban J connectivity index is 0.00000196. The second-order valence-electron chi connectivity index (χ2n) is 9.48. The van der Waals surface area contributed by atoms with Gasteiger partial charge in [-0.05, 0) is 0 Å². The molecule has 3 aliphatic rings. The summed E-state index contributed by atoms with van der Waals surface area (Å²) < 4.78 is 3.67. The van der Waals surface area contributed by atoms with Gasteiger partial charge in [-0.3, -0.25) is 0 Å². The molecule has 0 heterocycles. The molecule has 0 bridgehead atoms. The fourth-order valence-corrected chi connectivity index (χ4v) is 9.41. The third-order valence-electron chi connectivity index (χ3n) is 7.65. The van der Waals surface area contributed by atoms with Crippen LogP contribution in [-0.2, 0) is 23.2 Å². The Morgan fingerprint density at radius 1 is 0.964 bits per heavy atom. The first-order chi connectivity index (χ1) is 12.3. The van der Waals surface area contributed by atoms with Gasteiger partial charge in [-0.1, -0.05) is 0 Å². The molecule has 0 aromatic carbocycles. The molecule has 158 valence electrons. The molecule has 0 spiro atoms. The average Bonchev–Trinajstić information content (AvgIpc) is 3.17. The molecule has 28 heavy (non-hydrogen) atoms. The van der Waals surface area contributed by atoms with Crippen molar-refractivity contribution >= 4 is 24.8 Å². The van der Waals surface area contributed by atoms with Gasteiger partial charge < -0.3 is 0 Å². The monoisotopic (exact) mass is 500 g/mol. The molecule has 3 heteroatoms. The number of rotatable bonds is 6. The summed E-state index contributed by atoms with van der Waals surface area (Å²) in [6, 6.07) is 0. The zero-order chi connectivity index (χ0) is 18.9. The van der Waals surface area contributed by atoms with Gasteiger partial charge in [0.15, 0.2) is 0 Å². The second-order valence-corrected chi connectivity index (χ2v) is 12.9. The fraction of sp³-hybridized carbons (Fsp3) is 0.680. The van der Waals surface area contributed by atoms with E-state index >= 15 is 0 Å². The zero-order valence-corrected chi connectivity index (χ0v) is 22.9. The third kappa shape index (κ3) is 5.00. The van der Waals surface area contributed by atoms with Crippen LogP contribution in [0.4, 0.5) is 0 Å². The largest absolute Gasteiger partial charge is 0.147 e. The molecule has 1 saturated carbocycles. The summed E-state index contributed by atoms with van der Waals surface area (Å²) in [5.41, 5.74) is 7.42. The molecule has 0 amide bonds. The quantitative estimate of drug-likeness (QED) is 0.340. The minimum atomic E-state index is -0.651. The molecule has 3 aliphatic carbocycles. The van der Waals surface area contributed by atoms with Gasteiger partial charge in [0, 0.05) is 0 Å². The van der Waals surface area contributed by atoms with E-state index in [0.717, 1.165) is 0 Å². The van der Waals surface area contributed by atoms with Crippen molar-refractivity contribution in [2.24, 2.45) is 10.8 Å².